The zero-order valence-corrected chi connectivity index (χ0v) is 16.2. The van der Waals surface area contributed by atoms with E-state index in [0.717, 1.165) is 38.2 Å². The lowest BCUT2D eigenvalue weighted by molar-refractivity contribution is -0.116. The highest BCUT2D eigenvalue weighted by Gasteiger charge is 2.20. The smallest absolute Gasteiger partial charge is 0.253 e. The number of hydrogen-bond donors (Lipinski definition) is 1. The van der Waals surface area contributed by atoms with Gasteiger partial charge in [-0.3, -0.25) is 9.59 Å². The van der Waals surface area contributed by atoms with Crippen molar-refractivity contribution in [2.75, 3.05) is 38.5 Å². The maximum atomic E-state index is 12.9. The maximum absolute atomic E-state index is 12.9. The molecule has 6 heteroatoms. The molecule has 1 aliphatic heterocycles. The summed E-state index contributed by atoms with van der Waals surface area (Å²) in [5.41, 5.74) is 2.33. The predicted octanol–water partition coefficient (Wildman–Crippen LogP) is 3.17. The molecule has 1 aliphatic rings. The number of nitrogens with one attached hydrogen (secondary N) is 1. The molecule has 2 amide bonds. The van der Waals surface area contributed by atoms with Crippen LogP contribution in [0, 0.1) is 5.82 Å². The molecule has 0 radical (unpaired) electrons. The Bertz CT molecular complexity index is 798. The molecule has 5 nitrogen and oxygen atoms in total. The van der Waals surface area contributed by atoms with Gasteiger partial charge >= 0.3 is 0 Å². The van der Waals surface area contributed by atoms with Crippen LogP contribution in [-0.4, -0.2) is 54.8 Å². The molecule has 0 aliphatic carbocycles. The largest absolute Gasteiger partial charge is 0.336 e. The van der Waals surface area contributed by atoms with Crippen molar-refractivity contribution in [3.05, 3.63) is 65.5 Å². The lowest BCUT2D eigenvalue weighted by Crippen LogP contribution is -2.47. The summed E-state index contributed by atoms with van der Waals surface area (Å²) in [6, 6.07) is 13.4. The molecule has 0 atom stereocenters. The van der Waals surface area contributed by atoms with Gasteiger partial charge < -0.3 is 15.1 Å². The number of piperazine rings is 1. The predicted molar refractivity (Wildman–Crippen MR) is 108 cm³/mol. The van der Waals surface area contributed by atoms with E-state index in [1.54, 1.807) is 36.4 Å². The molecule has 1 fully saturated rings. The molecule has 0 unspecified atom stereocenters. The van der Waals surface area contributed by atoms with Gasteiger partial charge in [-0.15, -0.1) is 0 Å². The summed E-state index contributed by atoms with van der Waals surface area (Å²) in [4.78, 5) is 28.7. The SMILES string of the molecule is CN1CCN(C(=O)c2ccc(NC(=O)CCCc3ccc(F)cc3)cc2)CC1. The first-order valence-electron chi connectivity index (χ1n) is 9.63. The van der Waals surface area contributed by atoms with Gasteiger partial charge in [0.05, 0.1) is 0 Å². The zero-order chi connectivity index (χ0) is 19.9. The molecule has 0 spiro atoms. The van der Waals surface area contributed by atoms with Crippen LogP contribution in [0.2, 0.25) is 0 Å². The fraction of sp³-hybridized carbons (Fsp3) is 0.364. The third-order valence-electron chi connectivity index (χ3n) is 4.99. The second kappa shape index (κ2) is 9.46. The van der Waals surface area contributed by atoms with E-state index in [9.17, 15) is 14.0 Å². The van der Waals surface area contributed by atoms with Gasteiger partial charge in [0.1, 0.15) is 5.82 Å². The third-order valence-corrected chi connectivity index (χ3v) is 4.99. The number of hydrogen-bond acceptors (Lipinski definition) is 3. The number of likely N-dealkylation sites (N-methyl/N-ethyl adjacent to an activating group) is 1. The van der Waals surface area contributed by atoms with Crippen LogP contribution in [0.25, 0.3) is 0 Å². The highest BCUT2D eigenvalue weighted by molar-refractivity contribution is 5.95. The minimum atomic E-state index is -0.254. The fourth-order valence-electron chi connectivity index (χ4n) is 3.22. The Labute approximate surface area is 165 Å². The maximum Gasteiger partial charge on any atom is 0.253 e. The van der Waals surface area contributed by atoms with Crippen molar-refractivity contribution in [3.63, 3.8) is 0 Å². The van der Waals surface area contributed by atoms with Crippen molar-refractivity contribution >= 4 is 17.5 Å². The molecule has 2 aromatic rings. The van der Waals surface area contributed by atoms with Gasteiger partial charge in [0.2, 0.25) is 5.91 Å². The van der Waals surface area contributed by atoms with Crippen LogP contribution in [0.3, 0.4) is 0 Å². The Balaban J connectivity index is 1.45. The minimum absolute atomic E-state index is 0.0327. The first-order valence-corrected chi connectivity index (χ1v) is 9.63. The van der Waals surface area contributed by atoms with Crippen LogP contribution < -0.4 is 5.32 Å². The molecule has 3 rings (SSSR count). The van der Waals surface area contributed by atoms with E-state index in [1.807, 2.05) is 4.90 Å². The molecular weight excluding hydrogens is 357 g/mol. The van der Waals surface area contributed by atoms with Crippen molar-refractivity contribution in [2.24, 2.45) is 0 Å². The van der Waals surface area contributed by atoms with Crippen LogP contribution >= 0.6 is 0 Å². The fourth-order valence-corrected chi connectivity index (χ4v) is 3.22. The van der Waals surface area contributed by atoms with Crippen molar-refractivity contribution < 1.29 is 14.0 Å². The van der Waals surface area contributed by atoms with Crippen molar-refractivity contribution in [1.29, 1.82) is 0 Å². The normalized spacial score (nSPS) is 14.7. The van der Waals surface area contributed by atoms with Gasteiger partial charge in [0, 0.05) is 43.9 Å². The van der Waals surface area contributed by atoms with Crippen LogP contribution in [-0.2, 0) is 11.2 Å². The number of nitrogens with zero attached hydrogens (tertiary/aromatic N) is 2. The second-order valence-electron chi connectivity index (χ2n) is 7.20. The van der Waals surface area contributed by atoms with E-state index < -0.39 is 0 Å². The van der Waals surface area contributed by atoms with Crippen molar-refractivity contribution in [1.82, 2.24) is 9.80 Å². The molecule has 1 saturated heterocycles. The van der Waals surface area contributed by atoms with E-state index in [0.29, 0.717) is 24.1 Å². The number of rotatable bonds is 6. The first-order chi connectivity index (χ1) is 13.5. The first kappa shape index (κ1) is 20.0. The monoisotopic (exact) mass is 383 g/mol. The van der Waals surface area contributed by atoms with Gasteiger partial charge in [-0.1, -0.05) is 12.1 Å². The highest BCUT2D eigenvalue weighted by atomic mass is 19.1. The molecule has 28 heavy (non-hydrogen) atoms. The van der Waals surface area contributed by atoms with Crippen LogP contribution in [0.15, 0.2) is 48.5 Å². The average molecular weight is 383 g/mol. The molecule has 148 valence electrons. The minimum Gasteiger partial charge on any atom is -0.336 e. The quantitative estimate of drug-likeness (QED) is 0.834. The number of benzene rings is 2. The molecule has 0 aromatic heterocycles. The number of halogens is 1. The van der Waals surface area contributed by atoms with E-state index in [-0.39, 0.29) is 17.6 Å². The Morgan fingerprint density at radius 1 is 0.964 bits per heavy atom. The Morgan fingerprint density at radius 3 is 2.25 bits per heavy atom. The van der Waals surface area contributed by atoms with Crippen LogP contribution in [0.4, 0.5) is 10.1 Å². The summed E-state index contributed by atoms with van der Waals surface area (Å²) in [5.74, 6) is -0.290. The number of amides is 2. The Hall–Kier alpha value is -2.73. The Kier molecular flexibility index (Phi) is 6.76. The number of anilines is 1. The molecule has 0 bridgehead atoms. The summed E-state index contributed by atoms with van der Waals surface area (Å²) in [7, 11) is 2.05. The summed E-state index contributed by atoms with van der Waals surface area (Å²) < 4.78 is 12.9. The van der Waals surface area contributed by atoms with Gasteiger partial charge in [-0.05, 0) is 61.9 Å². The average Bonchev–Trinajstić information content (AvgIpc) is 2.70. The Morgan fingerprint density at radius 2 is 1.61 bits per heavy atom. The van der Waals surface area contributed by atoms with E-state index in [4.69, 9.17) is 0 Å². The lowest BCUT2D eigenvalue weighted by atomic mass is 10.1. The highest BCUT2D eigenvalue weighted by Crippen LogP contribution is 2.14. The molecule has 2 aromatic carbocycles. The van der Waals surface area contributed by atoms with E-state index in [1.165, 1.54) is 12.1 Å². The second-order valence-corrected chi connectivity index (χ2v) is 7.20. The number of aryl methyl sites for hydroxylation is 1. The lowest BCUT2D eigenvalue weighted by Gasteiger charge is -2.32. The van der Waals surface area contributed by atoms with Gasteiger partial charge in [0.25, 0.3) is 5.91 Å². The summed E-state index contributed by atoms with van der Waals surface area (Å²) in [6.07, 6.45) is 1.81. The molecule has 1 N–H and O–H groups in total. The summed E-state index contributed by atoms with van der Waals surface area (Å²) in [5, 5.41) is 2.86. The molecule has 1 heterocycles. The van der Waals surface area contributed by atoms with Gasteiger partial charge in [-0.25, -0.2) is 4.39 Å². The van der Waals surface area contributed by atoms with E-state index in [2.05, 4.69) is 17.3 Å². The standard InChI is InChI=1S/C22H26FN3O2/c1-25-13-15-26(16-14-25)22(28)18-7-11-20(12-8-18)24-21(27)4-2-3-17-5-9-19(23)10-6-17/h5-12H,2-4,13-16H2,1H3,(H,24,27). The van der Waals surface area contributed by atoms with Gasteiger partial charge in [0.15, 0.2) is 0 Å². The number of carbonyl (C=O) groups excluding carboxylic acids is 2. The van der Waals surface area contributed by atoms with E-state index >= 15 is 0 Å². The van der Waals surface area contributed by atoms with Gasteiger partial charge in [-0.2, -0.15) is 0 Å². The van der Waals surface area contributed by atoms with Crippen molar-refractivity contribution in [2.45, 2.75) is 19.3 Å². The molecule has 0 saturated carbocycles. The van der Waals surface area contributed by atoms with Crippen LogP contribution in [0.5, 0.6) is 0 Å². The van der Waals surface area contributed by atoms with Crippen molar-refractivity contribution in [3.8, 4) is 0 Å². The number of carbonyl (C=O) groups is 2. The topological polar surface area (TPSA) is 52.6 Å². The zero-order valence-electron chi connectivity index (χ0n) is 16.2. The summed E-state index contributed by atoms with van der Waals surface area (Å²) in [6.45, 7) is 3.25. The summed E-state index contributed by atoms with van der Waals surface area (Å²) >= 11 is 0. The third kappa shape index (κ3) is 5.63. The molecular formula is C22H26FN3O2. The van der Waals surface area contributed by atoms with Crippen LogP contribution in [0.1, 0.15) is 28.8 Å².